The summed E-state index contributed by atoms with van der Waals surface area (Å²) in [5.41, 5.74) is 0. The highest BCUT2D eigenvalue weighted by molar-refractivity contribution is 7.89. The van der Waals surface area contributed by atoms with Gasteiger partial charge in [0.1, 0.15) is 0 Å². The summed E-state index contributed by atoms with van der Waals surface area (Å²) in [6.07, 6.45) is 2.92. The second-order valence-electron chi connectivity index (χ2n) is 4.32. The van der Waals surface area contributed by atoms with Crippen LogP contribution in [0.2, 0.25) is 0 Å². The highest BCUT2D eigenvalue weighted by atomic mass is 32.2. The summed E-state index contributed by atoms with van der Waals surface area (Å²) in [6, 6.07) is 0. The third kappa shape index (κ3) is 6.78. The van der Waals surface area contributed by atoms with Crippen molar-refractivity contribution in [2.75, 3.05) is 6.61 Å². The van der Waals surface area contributed by atoms with Gasteiger partial charge in [-0.1, -0.05) is 6.08 Å². The molecule has 0 aliphatic heterocycles. The van der Waals surface area contributed by atoms with Crippen LogP contribution >= 0.6 is 0 Å². The molecule has 0 spiro atoms. The Morgan fingerprint density at radius 2 is 1.94 bits per heavy atom. The van der Waals surface area contributed by atoms with E-state index in [1.165, 1.54) is 0 Å². The molecule has 102 valence electrons. The van der Waals surface area contributed by atoms with Crippen LogP contribution in [0.4, 0.5) is 0 Å². The summed E-state index contributed by atoms with van der Waals surface area (Å²) in [5.74, 6) is -0.143. The smallest absolute Gasteiger partial charge is 0.211 e. The second kappa shape index (κ2) is 7.81. The number of aliphatic hydroxyl groups is 2. The van der Waals surface area contributed by atoms with E-state index in [1.54, 1.807) is 13.0 Å². The van der Waals surface area contributed by atoms with Crippen LogP contribution in [0.3, 0.4) is 0 Å². The van der Waals surface area contributed by atoms with Crippen molar-refractivity contribution in [2.45, 2.75) is 44.0 Å². The molecular formula is C11H23NO4S. The summed E-state index contributed by atoms with van der Waals surface area (Å²) in [7, 11) is -3.56. The molecule has 0 saturated heterocycles. The zero-order chi connectivity index (χ0) is 13.5. The van der Waals surface area contributed by atoms with Crippen molar-refractivity contribution in [3.05, 3.63) is 12.7 Å². The number of hydrogen-bond acceptors (Lipinski definition) is 4. The number of nitrogens with two attached hydrogens (primary N) is 1. The lowest BCUT2D eigenvalue weighted by Crippen LogP contribution is -2.33. The summed E-state index contributed by atoms with van der Waals surface area (Å²) in [5, 5.41) is 22.6. The van der Waals surface area contributed by atoms with E-state index >= 15 is 0 Å². The third-order valence-corrected chi connectivity index (χ3v) is 4.41. The molecule has 0 fully saturated rings. The highest BCUT2D eigenvalue weighted by Crippen LogP contribution is 2.22. The lowest BCUT2D eigenvalue weighted by atomic mass is 9.94. The molecule has 4 N–H and O–H groups in total. The fourth-order valence-electron chi connectivity index (χ4n) is 1.73. The van der Waals surface area contributed by atoms with Gasteiger partial charge in [-0.05, 0) is 38.5 Å². The largest absolute Gasteiger partial charge is 0.396 e. The molecule has 0 bridgehead atoms. The predicted molar refractivity (Wildman–Crippen MR) is 67.8 cm³/mol. The topological polar surface area (TPSA) is 101 Å². The fourth-order valence-corrected chi connectivity index (χ4v) is 2.51. The van der Waals surface area contributed by atoms with Crippen LogP contribution in [-0.4, -0.2) is 36.6 Å². The molecule has 5 nitrogen and oxygen atoms in total. The van der Waals surface area contributed by atoms with E-state index in [-0.39, 0.29) is 12.5 Å². The summed E-state index contributed by atoms with van der Waals surface area (Å²) in [6.45, 7) is 5.09. The van der Waals surface area contributed by atoms with Crippen LogP contribution in [0.1, 0.15) is 32.6 Å². The van der Waals surface area contributed by atoms with Gasteiger partial charge in [-0.15, -0.1) is 6.58 Å². The molecule has 0 aliphatic rings. The molecule has 6 heteroatoms. The molecule has 0 aromatic heterocycles. The van der Waals surface area contributed by atoms with Crippen LogP contribution in [0.5, 0.6) is 0 Å². The molecule has 3 atom stereocenters. The number of rotatable bonds is 9. The normalized spacial score (nSPS) is 17.4. The lowest BCUT2D eigenvalue weighted by molar-refractivity contribution is 0.118. The van der Waals surface area contributed by atoms with Gasteiger partial charge in [0.05, 0.1) is 11.4 Å². The van der Waals surface area contributed by atoms with E-state index < -0.39 is 21.4 Å². The minimum Gasteiger partial charge on any atom is -0.396 e. The van der Waals surface area contributed by atoms with Gasteiger partial charge in [0.15, 0.2) is 0 Å². The molecule has 0 aliphatic carbocycles. The number of allylic oxidation sites excluding steroid dienone is 1. The zero-order valence-corrected chi connectivity index (χ0v) is 11.1. The molecule has 0 amide bonds. The van der Waals surface area contributed by atoms with Gasteiger partial charge in [0.2, 0.25) is 10.0 Å². The average molecular weight is 265 g/mol. The SMILES string of the molecule is C=CC[C@@H](CC[C@@H](O)CCO)[C@@H](C)S(N)(=O)=O. The quantitative estimate of drug-likeness (QED) is 0.525. The number of aliphatic hydroxyl groups excluding tert-OH is 2. The van der Waals surface area contributed by atoms with Crippen LogP contribution in [0.15, 0.2) is 12.7 Å². The molecular weight excluding hydrogens is 242 g/mol. The van der Waals surface area contributed by atoms with E-state index in [2.05, 4.69) is 6.58 Å². The first kappa shape index (κ1) is 16.6. The lowest BCUT2D eigenvalue weighted by Gasteiger charge is -2.22. The maximum absolute atomic E-state index is 11.3. The van der Waals surface area contributed by atoms with Gasteiger partial charge in [-0.2, -0.15) is 0 Å². The second-order valence-corrected chi connectivity index (χ2v) is 6.24. The minimum absolute atomic E-state index is 0.0714. The standard InChI is InChI=1S/C11H23NO4S/c1-3-4-10(9(2)17(12,15)16)5-6-11(14)7-8-13/h3,9-11,13-14H,1,4-8H2,2H3,(H2,12,15,16)/t9-,10+,11-/m1/s1. The Bertz CT molecular complexity index is 315. The van der Waals surface area contributed by atoms with Crippen LogP contribution < -0.4 is 5.14 Å². The molecule has 0 aromatic rings. The molecule has 17 heavy (non-hydrogen) atoms. The van der Waals surface area contributed by atoms with E-state index in [9.17, 15) is 13.5 Å². The maximum Gasteiger partial charge on any atom is 0.211 e. The van der Waals surface area contributed by atoms with Gasteiger partial charge in [-0.25, -0.2) is 13.6 Å². The molecule has 0 radical (unpaired) electrons. The number of sulfonamides is 1. The molecule has 0 heterocycles. The van der Waals surface area contributed by atoms with Gasteiger partial charge in [-0.3, -0.25) is 0 Å². The Balaban J connectivity index is 4.39. The first-order valence-corrected chi connectivity index (χ1v) is 7.35. The van der Waals surface area contributed by atoms with E-state index in [4.69, 9.17) is 10.2 Å². The average Bonchev–Trinajstić information content (AvgIpc) is 2.22. The van der Waals surface area contributed by atoms with Gasteiger partial charge in [0.25, 0.3) is 0 Å². The number of primary sulfonamides is 1. The number of hydrogen-bond donors (Lipinski definition) is 3. The van der Waals surface area contributed by atoms with Crippen molar-refractivity contribution in [3.8, 4) is 0 Å². The van der Waals surface area contributed by atoms with E-state index in [0.29, 0.717) is 25.7 Å². The fraction of sp³-hybridized carbons (Fsp3) is 0.818. The van der Waals surface area contributed by atoms with Crippen LogP contribution in [-0.2, 0) is 10.0 Å². The molecule has 0 unspecified atom stereocenters. The highest BCUT2D eigenvalue weighted by Gasteiger charge is 2.25. The summed E-state index contributed by atoms with van der Waals surface area (Å²) >= 11 is 0. The first-order chi connectivity index (χ1) is 7.82. The van der Waals surface area contributed by atoms with Gasteiger partial charge in [0, 0.05) is 6.61 Å². The summed E-state index contributed by atoms with van der Waals surface area (Å²) < 4.78 is 22.5. The predicted octanol–water partition coefficient (Wildman–Crippen LogP) is 0.379. The van der Waals surface area contributed by atoms with Gasteiger partial charge >= 0.3 is 0 Å². The Labute approximate surface area is 103 Å². The van der Waals surface area contributed by atoms with E-state index in [0.717, 1.165) is 0 Å². The van der Waals surface area contributed by atoms with E-state index in [1.807, 2.05) is 0 Å². The van der Waals surface area contributed by atoms with Crippen LogP contribution in [0.25, 0.3) is 0 Å². The summed E-state index contributed by atoms with van der Waals surface area (Å²) in [4.78, 5) is 0. The third-order valence-electron chi connectivity index (χ3n) is 2.98. The van der Waals surface area contributed by atoms with Crippen molar-refractivity contribution >= 4 is 10.0 Å². The molecule has 0 aromatic carbocycles. The first-order valence-electron chi connectivity index (χ1n) is 5.74. The van der Waals surface area contributed by atoms with Crippen molar-refractivity contribution in [1.29, 1.82) is 0 Å². The Morgan fingerprint density at radius 3 is 2.35 bits per heavy atom. The van der Waals surface area contributed by atoms with Crippen molar-refractivity contribution < 1.29 is 18.6 Å². The monoisotopic (exact) mass is 265 g/mol. The molecule has 0 saturated carbocycles. The minimum atomic E-state index is -3.56. The maximum atomic E-state index is 11.3. The van der Waals surface area contributed by atoms with Crippen LogP contribution in [0, 0.1) is 5.92 Å². The van der Waals surface area contributed by atoms with Crippen molar-refractivity contribution in [1.82, 2.24) is 0 Å². The Hall–Kier alpha value is -0.430. The Kier molecular flexibility index (Phi) is 7.61. The van der Waals surface area contributed by atoms with Crippen molar-refractivity contribution in [2.24, 2.45) is 11.1 Å². The van der Waals surface area contributed by atoms with Crippen molar-refractivity contribution in [3.63, 3.8) is 0 Å². The zero-order valence-electron chi connectivity index (χ0n) is 10.2. The van der Waals surface area contributed by atoms with Gasteiger partial charge < -0.3 is 10.2 Å². The molecule has 0 rings (SSSR count). The Morgan fingerprint density at radius 1 is 1.35 bits per heavy atom.